The molecule has 0 unspecified atom stereocenters. The highest BCUT2D eigenvalue weighted by atomic mass is 16.3. The Kier molecular flexibility index (Phi) is 7.81. The van der Waals surface area contributed by atoms with Gasteiger partial charge >= 0.3 is 0 Å². The topological polar surface area (TPSA) is 29.3 Å². The van der Waals surface area contributed by atoms with Crippen LogP contribution in [0.25, 0.3) is 77.5 Å². The summed E-state index contributed by atoms with van der Waals surface area (Å²) in [5, 5.41) is 4.61. The molecule has 1 aromatic heterocycles. The van der Waals surface area contributed by atoms with Crippen LogP contribution >= 0.6 is 0 Å². The van der Waals surface area contributed by atoms with E-state index in [0.29, 0.717) is 5.89 Å². The number of anilines is 3. The van der Waals surface area contributed by atoms with Crippen LogP contribution in [0, 0.1) is 0 Å². The largest absolute Gasteiger partial charge is 0.436 e. The highest BCUT2D eigenvalue weighted by Gasteiger charge is 2.19. The summed E-state index contributed by atoms with van der Waals surface area (Å²) in [5.41, 5.74) is 12.9. The zero-order valence-electron chi connectivity index (χ0n) is 29.4. The molecule has 1 heterocycles. The van der Waals surface area contributed by atoms with Crippen LogP contribution in [-0.2, 0) is 0 Å². The molecule has 0 atom stereocenters. The second-order valence-corrected chi connectivity index (χ2v) is 13.6. The zero-order valence-corrected chi connectivity index (χ0v) is 29.4. The van der Waals surface area contributed by atoms with E-state index >= 15 is 0 Å². The Morgan fingerprint density at radius 3 is 1.69 bits per heavy atom. The van der Waals surface area contributed by atoms with Crippen molar-refractivity contribution in [1.82, 2.24) is 4.98 Å². The van der Waals surface area contributed by atoms with Gasteiger partial charge < -0.3 is 9.32 Å². The van der Waals surface area contributed by atoms with E-state index in [9.17, 15) is 0 Å². The molecule has 0 bridgehead atoms. The third-order valence-corrected chi connectivity index (χ3v) is 10.3. The lowest BCUT2D eigenvalue weighted by Gasteiger charge is -2.27. The van der Waals surface area contributed by atoms with Crippen LogP contribution in [-0.4, -0.2) is 4.98 Å². The second kappa shape index (κ2) is 13.4. The minimum absolute atomic E-state index is 0.627. The van der Waals surface area contributed by atoms with Crippen molar-refractivity contribution in [1.29, 1.82) is 0 Å². The quantitative estimate of drug-likeness (QED) is 0.167. The van der Waals surface area contributed by atoms with Gasteiger partial charge in [0, 0.05) is 28.0 Å². The van der Waals surface area contributed by atoms with Gasteiger partial charge in [-0.3, -0.25) is 0 Å². The summed E-state index contributed by atoms with van der Waals surface area (Å²) in [5.74, 6) is 0.627. The molecule has 0 amide bonds. The maximum atomic E-state index is 6.23. The summed E-state index contributed by atoms with van der Waals surface area (Å²) in [6.45, 7) is 0. The van der Waals surface area contributed by atoms with Gasteiger partial charge in [-0.25, -0.2) is 4.98 Å². The van der Waals surface area contributed by atoms with Crippen molar-refractivity contribution in [3.05, 3.63) is 206 Å². The predicted octanol–water partition coefficient (Wildman–Crippen LogP) is 14.3. The molecule has 0 fully saturated rings. The average molecular weight is 691 g/mol. The van der Waals surface area contributed by atoms with Crippen molar-refractivity contribution in [3.63, 3.8) is 0 Å². The standard InChI is InChI=1S/C51H34N2O/c1-4-12-35(13-5-1)37-22-25-43(26-23-37)53(44-28-30-47-42(33-44)24-31-49-50(47)52-51(54-49)39-17-8-3-9-18-39)45-27-29-46(48(34-45)38-15-6-2-7-16-38)41-21-20-36-14-10-11-19-40(36)32-41/h1-34H. The fourth-order valence-electron chi connectivity index (χ4n) is 7.57. The lowest BCUT2D eigenvalue weighted by Crippen LogP contribution is -2.10. The normalized spacial score (nSPS) is 11.3. The van der Waals surface area contributed by atoms with Crippen LogP contribution in [0.15, 0.2) is 211 Å². The van der Waals surface area contributed by atoms with E-state index in [1.807, 2.05) is 36.4 Å². The van der Waals surface area contributed by atoms with Crippen LogP contribution < -0.4 is 4.90 Å². The van der Waals surface area contributed by atoms with Crippen LogP contribution in [0.3, 0.4) is 0 Å². The number of oxazole rings is 1. The Bertz CT molecular complexity index is 2920. The molecule has 3 nitrogen and oxygen atoms in total. The first-order chi connectivity index (χ1) is 26.7. The number of fused-ring (bicyclic) bond motifs is 4. The van der Waals surface area contributed by atoms with Gasteiger partial charge in [0.15, 0.2) is 5.58 Å². The van der Waals surface area contributed by atoms with Gasteiger partial charge in [0.2, 0.25) is 5.89 Å². The van der Waals surface area contributed by atoms with Crippen LogP contribution in [0.2, 0.25) is 0 Å². The summed E-state index contributed by atoms with van der Waals surface area (Å²) in [7, 11) is 0. The first-order valence-corrected chi connectivity index (χ1v) is 18.3. The third-order valence-electron chi connectivity index (χ3n) is 10.3. The molecular weight excluding hydrogens is 657 g/mol. The number of hydrogen-bond donors (Lipinski definition) is 0. The summed E-state index contributed by atoms with van der Waals surface area (Å²) in [4.78, 5) is 7.32. The molecule has 254 valence electrons. The lowest BCUT2D eigenvalue weighted by molar-refractivity contribution is 0.620. The van der Waals surface area contributed by atoms with Crippen molar-refractivity contribution >= 4 is 49.7 Å². The number of benzene rings is 9. The van der Waals surface area contributed by atoms with E-state index in [2.05, 4.69) is 175 Å². The third kappa shape index (κ3) is 5.78. The molecule has 0 aliphatic carbocycles. The molecule has 10 aromatic rings. The summed E-state index contributed by atoms with van der Waals surface area (Å²) in [6, 6.07) is 73.2. The SMILES string of the molecule is c1ccc(-c2ccc(N(c3ccc(-c4ccc5ccccc5c4)c(-c4ccccc4)c3)c3ccc4c(ccc5oc(-c6ccccc6)nc54)c3)cc2)cc1. The molecule has 0 radical (unpaired) electrons. The van der Waals surface area contributed by atoms with E-state index in [-0.39, 0.29) is 0 Å². The second-order valence-electron chi connectivity index (χ2n) is 13.6. The Morgan fingerprint density at radius 2 is 0.926 bits per heavy atom. The van der Waals surface area contributed by atoms with E-state index < -0.39 is 0 Å². The summed E-state index contributed by atoms with van der Waals surface area (Å²) in [6.07, 6.45) is 0. The number of aromatic nitrogens is 1. The lowest BCUT2D eigenvalue weighted by atomic mass is 9.92. The minimum Gasteiger partial charge on any atom is -0.436 e. The van der Waals surface area contributed by atoms with Gasteiger partial charge in [-0.15, -0.1) is 0 Å². The molecule has 9 aromatic carbocycles. The number of nitrogens with zero attached hydrogens (tertiary/aromatic N) is 2. The Hall–Kier alpha value is -7.23. The van der Waals surface area contributed by atoms with Crippen molar-refractivity contribution in [3.8, 4) is 44.8 Å². The fourth-order valence-corrected chi connectivity index (χ4v) is 7.57. The fraction of sp³-hybridized carbons (Fsp3) is 0. The first kappa shape index (κ1) is 31.5. The van der Waals surface area contributed by atoms with Crippen molar-refractivity contribution in [2.75, 3.05) is 4.90 Å². The Balaban J connectivity index is 1.14. The number of hydrogen-bond acceptors (Lipinski definition) is 3. The highest BCUT2D eigenvalue weighted by Crippen LogP contribution is 2.43. The molecule has 3 heteroatoms. The van der Waals surface area contributed by atoms with Gasteiger partial charge in [-0.1, -0.05) is 140 Å². The monoisotopic (exact) mass is 690 g/mol. The van der Waals surface area contributed by atoms with Crippen LogP contribution in [0.1, 0.15) is 0 Å². The van der Waals surface area contributed by atoms with Crippen molar-refractivity contribution in [2.45, 2.75) is 0 Å². The molecule has 0 spiro atoms. The molecule has 0 saturated heterocycles. The first-order valence-electron chi connectivity index (χ1n) is 18.3. The van der Waals surface area contributed by atoms with Crippen molar-refractivity contribution in [2.24, 2.45) is 0 Å². The highest BCUT2D eigenvalue weighted by molar-refractivity contribution is 6.06. The molecule has 0 aliphatic rings. The maximum absolute atomic E-state index is 6.23. The van der Waals surface area contributed by atoms with Crippen LogP contribution in [0.5, 0.6) is 0 Å². The van der Waals surface area contributed by atoms with Crippen molar-refractivity contribution < 1.29 is 4.42 Å². The molecule has 0 N–H and O–H groups in total. The van der Waals surface area contributed by atoms with E-state index in [1.54, 1.807) is 0 Å². The molecular formula is C51H34N2O. The van der Waals surface area contributed by atoms with E-state index in [4.69, 9.17) is 9.40 Å². The molecule has 0 saturated carbocycles. The minimum atomic E-state index is 0.627. The maximum Gasteiger partial charge on any atom is 0.227 e. The predicted molar refractivity (Wildman–Crippen MR) is 225 cm³/mol. The summed E-state index contributed by atoms with van der Waals surface area (Å²) >= 11 is 0. The van der Waals surface area contributed by atoms with Gasteiger partial charge in [0.1, 0.15) is 5.52 Å². The Labute approximate surface area is 314 Å². The molecule has 0 aliphatic heterocycles. The average Bonchev–Trinajstić information content (AvgIpc) is 3.70. The summed E-state index contributed by atoms with van der Waals surface area (Å²) < 4.78 is 6.23. The van der Waals surface area contributed by atoms with Gasteiger partial charge in [0.25, 0.3) is 0 Å². The van der Waals surface area contributed by atoms with Gasteiger partial charge in [-0.2, -0.15) is 0 Å². The van der Waals surface area contributed by atoms with E-state index in [1.165, 1.54) is 44.2 Å². The zero-order chi connectivity index (χ0) is 35.8. The smallest absolute Gasteiger partial charge is 0.227 e. The molecule has 10 rings (SSSR count). The molecule has 54 heavy (non-hydrogen) atoms. The van der Waals surface area contributed by atoms with E-state index in [0.717, 1.165) is 44.5 Å². The van der Waals surface area contributed by atoms with Gasteiger partial charge in [-0.05, 0) is 116 Å². The van der Waals surface area contributed by atoms with Gasteiger partial charge in [0.05, 0.1) is 0 Å². The number of rotatable bonds is 7. The Morgan fingerprint density at radius 1 is 0.352 bits per heavy atom. The van der Waals surface area contributed by atoms with Crippen LogP contribution in [0.4, 0.5) is 17.1 Å².